The molecule has 0 aliphatic heterocycles. The lowest BCUT2D eigenvalue weighted by Gasteiger charge is -2.09. The van der Waals surface area contributed by atoms with Gasteiger partial charge < -0.3 is 19.8 Å². The van der Waals surface area contributed by atoms with Crippen molar-refractivity contribution in [2.45, 2.75) is 6.54 Å². The summed E-state index contributed by atoms with van der Waals surface area (Å²) < 4.78 is 10.3. The van der Waals surface area contributed by atoms with Crippen LogP contribution < -0.4 is 15.4 Å². The summed E-state index contributed by atoms with van der Waals surface area (Å²) in [4.78, 5) is 34.2. The Morgan fingerprint density at radius 1 is 1.03 bits per heavy atom. The molecule has 0 fully saturated rings. The Kier molecular flexibility index (Phi) is 6.21. The molecule has 0 unspecified atom stereocenters. The van der Waals surface area contributed by atoms with E-state index in [0.29, 0.717) is 5.69 Å². The van der Waals surface area contributed by atoms with Gasteiger partial charge in [-0.15, -0.1) is 0 Å². The van der Waals surface area contributed by atoms with Crippen molar-refractivity contribution in [3.05, 3.63) is 88.4 Å². The number of benzene rings is 2. The number of anilines is 1. The van der Waals surface area contributed by atoms with E-state index < -0.39 is 10.8 Å². The molecule has 9 nitrogen and oxygen atoms in total. The fourth-order valence-electron chi connectivity index (χ4n) is 2.43. The molecular formula is C20H17N3O6. The third-order valence-electron chi connectivity index (χ3n) is 3.87. The molecule has 0 aliphatic rings. The lowest BCUT2D eigenvalue weighted by molar-refractivity contribution is -0.385. The fraction of sp³-hybridized carbons (Fsp3) is 0.100. The third-order valence-corrected chi connectivity index (χ3v) is 3.87. The van der Waals surface area contributed by atoms with Gasteiger partial charge in [-0.05, 0) is 35.9 Å². The number of nitro benzene ring substituents is 1. The molecule has 2 N–H and O–H groups in total. The Bertz CT molecular complexity index is 999. The average Bonchev–Trinajstić information content (AvgIpc) is 3.27. The van der Waals surface area contributed by atoms with Gasteiger partial charge in [0.15, 0.2) is 18.1 Å². The first-order valence-electron chi connectivity index (χ1n) is 8.59. The van der Waals surface area contributed by atoms with Gasteiger partial charge in [0.25, 0.3) is 11.8 Å². The van der Waals surface area contributed by atoms with Gasteiger partial charge in [-0.2, -0.15) is 0 Å². The summed E-state index contributed by atoms with van der Waals surface area (Å²) in [5.41, 5.74) is 1.19. The molecule has 29 heavy (non-hydrogen) atoms. The van der Waals surface area contributed by atoms with Crippen LogP contribution in [0.4, 0.5) is 11.4 Å². The van der Waals surface area contributed by atoms with Gasteiger partial charge in [-0.1, -0.05) is 24.3 Å². The highest BCUT2D eigenvalue weighted by Crippen LogP contribution is 2.25. The Balaban J connectivity index is 1.47. The van der Waals surface area contributed by atoms with Crippen LogP contribution >= 0.6 is 0 Å². The van der Waals surface area contributed by atoms with Crippen molar-refractivity contribution >= 4 is 23.2 Å². The predicted molar refractivity (Wildman–Crippen MR) is 104 cm³/mol. The largest absolute Gasteiger partial charge is 0.477 e. The van der Waals surface area contributed by atoms with Crippen LogP contribution in [0, 0.1) is 10.1 Å². The number of hydrogen-bond donors (Lipinski definition) is 2. The molecule has 9 heteroatoms. The molecule has 3 aromatic rings. The maximum atomic E-state index is 11.9. The minimum Gasteiger partial charge on any atom is -0.477 e. The van der Waals surface area contributed by atoms with E-state index in [2.05, 4.69) is 10.6 Å². The molecule has 2 aromatic carbocycles. The molecule has 0 bridgehead atoms. The van der Waals surface area contributed by atoms with Gasteiger partial charge >= 0.3 is 5.69 Å². The zero-order chi connectivity index (χ0) is 20.6. The number of carbonyl (C=O) groups excluding carboxylic acids is 2. The van der Waals surface area contributed by atoms with E-state index in [1.807, 2.05) is 0 Å². The zero-order valence-electron chi connectivity index (χ0n) is 15.2. The van der Waals surface area contributed by atoms with Crippen LogP contribution in [0.2, 0.25) is 0 Å². The fourth-order valence-corrected chi connectivity index (χ4v) is 2.43. The molecule has 3 rings (SSSR count). The molecule has 0 saturated heterocycles. The second kappa shape index (κ2) is 9.18. The third kappa shape index (κ3) is 5.42. The highest BCUT2D eigenvalue weighted by Gasteiger charge is 2.15. The summed E-state index contributed by atoms with van der Waals surface area (Å²) in [6.07, 6.45) is 1.42. The van der Waals surface area contributed by atoms with Gasteiger partial charge in [0.05, 0.1) is 11.2 Å². The van der Waals surface area contributed by atoms with Crippen molar-refractivity contribution in [1.29, 1.82) is 0 Å². The maximum absolute atomic E-state index is 11.9. The number of nitrogens with one attached hydrogen (secondary N) is 2. The summed E-state index contributed by atoms with van der Waals surface area (Å²) in [6.45, 7) is -0.104. The van der Waals surface area contributed by atoms with Gasteiger partial charge in [0.2, 0.25) is 0 Å². The van der Waals surface area contributed by atoms with E-state index in [1.165, 1.54) is 24.5 Å². The Morgan fingerprint density at radius 3 is 2.48 bits per heavy atom. The molecular weight excluding hydrogens is 378 g/mol. The Morgan fingerprint density at radius 2 is 1.79 bits per heavy atom. The van der Waals surface area contributed by atoms with Crippen LogP contribution in [0.15, 0.2) is 71.3 Å². The van der Waals surface area contributed by atoms with Crippen molar-refractivity contribution in [3.63, 3.8) is 0 Å². The summed E-state index contributed by atoms with van der Waals surface area (Å²) in [7, 11) is 0. The first-order valence-corrected chi connectivity index (χ1v) is 8.59. The number of para-hydroxylation sites is 2. The van der Waals surface area contributed by atoms with Crippen LogP contribution in [-0.2, 0) is 11.3 Å². The van der Waals surface area contributed by atoms with E-state index >= 15 is 0 Å². The predicted octanol–water partition coefficient (Wildman–Crippen LogP) is 3.14. The highest BCUT2D eigenvalue weighted by atomic mass is 16.6. The van der Waals surface area contributed by atoms with Crippen molar-refractivity contribution in [3.8, 4) is 5.75 Å². The number of nitrogens with zero attached hydrogens (tertiary/aromatic N) is 1. The molecule has 0 radical (unpaired) electrons. The quantitative estimate of drug-likeness (QED) is 0.446. The molecule has 0 saturated carbocycles. The number of nitro groups is 1. The smallest absolute Gasteiger partial charge is 0.310 e. The molecule has 1 aromatic heterocycles. The number of amides is 2. The second-order valence-electron chi connectivity index (χ2n) is 5.92. The minimum atomic E-state index is -0.570. The van der Waals surface area contributed by atoms with Gasteiger partial charge in [-0.3, -0.25) is 19.7 Å². The van der Waals surface area contributed by atoms with Crippen LogP contribution in [-0.4, -0.2) is 23.3 Å². The molecule has 1 heterocycles. The number of furan rings is 1. The Hall–Kier alpha value is -4.14. The van der Waals surface area contributed by atoms with Crippen LogP contribution in [0.1, 0.15) is 16.1 Å². The van der Waals surface area contributed by atoms with Crippen LogP contribution in [0.25, 0.3) is 0 Å². The zero-order valence-corrected chi connectivity index (χ0v) is 15.2. The van der Waals surface area contributed by atoms with Crippen molar-refractivity contribution in [2.75, 3.05) is 11.9 Å². The molecule has 0 atom stereocenters. The van der Waals surface area contributed by atoms with E-state index in [9.17, 15) is 19.7 Å². The van der Waals surface area contributed by atoms with Crippen molar-refractivity contribution in [1.82, 2.24) is 5.32 Å². The van der Waals surface area contributed by atoms with Gasteiger partial charge in [0.1, 0.15) is 0 Å². The Labute approximate surface area is 165 Å². The van der Waals surface area contributed by atoms with E-state index in [-0.39, 0.29) is 36.3 Å². The monoisotopic (exact) mass is 395 g/mol. The number of hydrogen-bond acceptors (Lipinski definition) is 6. The van der Waals surface area contributed by atoms with Crippen LogP contribution in [0.3, 0.4) is 0 Å². The molecule has 0 aliphatic carbocycles. The first kappa shape index (κ1) is 19.6. The number of ether oxygens (including phenoxy) is 1. The highest BCUT2D eigenvalue weighted by molar-refractivity contribution is 6.02. The van der Waals surface area contributed by atoms with Gasteiger partial charge in [-0.25, -0.2) is 0 Å². The second-order valence-corrected chi connectivity index (χ2v) is 5.92. The normalized spacial score (nSPS) is 10.2. The molecule has 0 spiro atoms. The lowest BCUT2D eigenvalue weighted by Crippen LogP contribution is -2.28. The van der Waals surface area contributed by atoms with E-state index in [4.69, 9.17) is 9.15 Å². The van der Waals surface area contributed by atoms with Crippen molar-refractivity contribution < 1.29 is 23.7 Å². The average molecular weight is 395 g/mol. The number of carbonyl (C=O) groups is 2. The van der Waals surface area contributed by atoms with E-state index in [1.54, 1.807) is 42.5 Å². The SMILES string of the molecule is O=C(COc1ccccc1[N+](=O)[O-])NCc1ccc(NC(=O)c2ccco2)cc1. The molecule has 148 valence electrons. The maximum Gasteiger partial charge on any atom is 0.310 e. The summed E-state index contributed by atoms with van der Waals surface area (Å²) in [5, 5.41) is 16.3. The lowest BCUT2D eigenvalue weighted by atomic mass is 10.2. The van der Waals surface area contributed by atoms with E-state index in [0.717, 1.165) is 5.56 Å². The summed E-state index contributed by atoms with van der Waals surface area (Å²) >= 11 is 0. The van der Waals surface area contributed by atoms with Gasteiger partial charge in [0, 0.05) is 18.3 Å². The van der Waals surface area contributed by atoms with Crippen molar-refractivity contribution in [2.24, 2.45) is 0 Å². The first-order chi connectivity index (χ1) is 14.0. The topological polar surface area (TPSA) is 124 Å². The number of rotatable bonds is 8. The van der Waals surface area contributed by atoms with Crippen LogP contribution in [0.5, 0.6) is 5.75 Å². The minimum absolute atomic E-state index is 0.0318. The standard InChI is InChI=1S/C20H17N3O6/c24-19(13-29-17-5-2-1-4-16(17)23(26)27)21-12-14-7-9-15(10-8-14)22-20(25)18-6-3-11-28-18/h1-11H,12-13H2,(H,21,24)(H,22,25). The molecule has 2 amide bonds. The summed E-state index contributed by atoms with van der Waals surface area (Å²) in [5.74, 6) is -0.536. The summed E-state index contributed by atoms with van der Waals surface area (Å²) in [6, 6.07) is 15.9.